The molecule has 0 saturated carbocycles. The zero-order chi connectivity index (χ0) is 67.1. The first-order valence-electron chi connectivity index (χ1n) is 28.3. The van der Waals surface area contributed by atoms with E-state index in [1.165, 1.54) is 71.4 Å². The van der Waals surface area contributed by atoms with Crippen LogP contribution in [0.1, 0.15) is 74.0 Å². The Morgan fingerprint density at radius 1 is 0.505 bits per heavy atom. The normalized spacial score (nSPS) is 10.6. The van der Waals surface area contributed by atoms with E-state index < -0.39 is 38.2 Å². The minimum absolute atomic E-state index is 0.0411. The molecule has 0 bridgehead atoms. The van der Waals surface area contributed by atoms with E-state index in [9.17, 15) is 57.8 Å². The molecule has 7 N–H and O–H groups in total. The summed E-state index contributed by atoms with van der Waals surface area (Å²) in [7, 11) is 0. The van der Waals surface area contributed by atoms with Crippen molar-refractivity contribution in [3.05, 3.63) is 330 Å². The van der Waals surface area contributed by atoms with Crippen molar-refractivity contribution < 1.29 is 42.6 Å². The number of ketones is 3. The van der Waals surface area contributed by atoms with Crippen molar-refractivity contribution in [1.29, 1.82) is 0 Å². The maximum absolute atomic E-state index is 13.5. The van der Waals surface area contributed by atoms with Gasteiger partial charge in [-0.15, -0.1) is 0 Å². The van der Waals surface area contributed by atoms with Crippen LogP contribution in [0, 0.1) is 31.9 Å². The monoisotopic (exact) mass is 1290 g/mol. The van der Waals surface area contributed by atoms with Gasteiger partial charge in [0.25, 0.3) is 28.1 Å². The number of nitro groups is 2. The zero-order valence-electron chi connectivity index (χ0n) is 49.1. The number of benzene rings is 5. The topological polar surface area (TPSA) is 346 Å². The number of nitrogens with zero attached hydrogens (tertiary/aromatic N) is 7. The summed E-state index contributed by atoms with van der Waals surface area (Å²) in [5.74, 6) is -3.25. The fourth-order valence-electron chi connectivity index (χ4n) is 9.57. The number of pyridine rings is 5. The second-order valence-corrected chi connectivity index (χ2v) is 20.7. The molecule has 95 heavy (non-hydrogen) atoms. The molecule has 9 aromatic heterocycles. The molecule has 0 spiro atoms. The first-order valence-corrected chi connectivity index (χ1v) is 28.7. The van der Waals surface area contributed by atoms with E-state index in [4.69, 9.17) is 17.3 Å². The molecule has 0 radical (unpaired) electrons. The molecule has 5 aromatic carbocycles. The van der Waals surface area contributed by atoms with Gasteiger partial charge >= 0.3 is 0 Å². The number of amides is 1. The average molecular weight is 1290 g/mol. The number of anilines is 2. The van der Waals surface area contributed by atoms with E-state index in [1.807, 2.05) is 36.5 Å². The van der Waals surface area contributed by atoms with E-state index in [-0.39, 0.29) is 52.0 Å². The van der Waals surface area contributed by atoms with Crippen LogP contribution >= 0.6 is 11.6 Å². The van der Waals surface area contributed by atoms with Gasteiger partial charge in [-0.25, -0.2) is 28.7 Å². The highest BCUT2D eigenvalue weighted by Crippen LogP contribution is 2.25. The third-order valence-corrected chi connectivity index (χ3v) is 14.4. The van der Waals surface area contributed by atoms with Crippen molar-refractivity contribution in [3.63, 3.8) is 0 Å². The summed E-state index contributed by atoms with van der Waals surface area (Å²) in [4.78, 5) is 123. The average Bonchev–Trinajstić information content (AvgIpc) is 1.81. The summed E-state index contributed by atoms with van der Waals surface area (Å²) in [5, 5.41) is 26.3. The number of nitrogens with one attached hydrogen (secondary N) is 5. The van der Waals surface area contributed by atoms with Gasteiger partial charge in [-0.2, -0.15) is 0 Å². The van der Waals surface area contributed by atoms with Crippen molar-refractivity contribution in [2.24, 2.45) is 0 Å². The Labute approximate surface area is 539 Å². The molecule has 14 rings (SSSR count). The summed E-state index contributed by atoms with van der Waals surface area (Å²) in [6.45, 7) is -0.0411. The molecular weight excluding hydrogens is 1240 g/mol. The Morgan fingerprint density at radius 2 is 0.989 bits per heavy atom. The predicted octanol–water partition coefficient (Wildman–Crippen LogP) is 13.1. The number of fused-ring (bicyclic) bond motifs is 4. The number of hydrogen-bond acceptors (Lipinski definition) is 15. The Balaban J connectivity index is 0.000000141. The molecule has 0 aliphatic heterocycles. The molecule has 0 unspecified atom stereocenters. The Kier molecular flexibility index (Phi) is 20.1. The summed E-state index contributed by atoms with van der Waals surface area (Å²) in [6, 6.07) is 47.2. The van der Waals surface area contributed by atoms with Gasteiger partial charge in [-0.3, -0.25) is 49.0 Å². The third-order valence-electron chi connectivity index (χ3n) is 14.1. The molecule has 1 amide bonds. The van der Waals surface area contributed by atoms with Gasteiger partial charge in [-0.1, -0.05) is 48.5 Å². The van der Waals surface area contributed by atoms with Crippen molar-refractivity contribution in [1.82, 2.24) is 44.4 Å². The number of halogens is 3. The highest BCUT2D eigenvalue weighted by Gasteiger charge is 2.20. The quantitative estimate of drug-likeness (QED) is 0.0205. The van der Waals surface area contributed by atoms with Gasteiger partial charge in [0.15, 0.2) is 29.0 Å². The van der Waals surface area contributed by atoms with Crippen molar-refractivity contribution >= 4 is 107 Å². The molecule has 0 aliphatic carbocycles. The molecule has 26 heteroatoms. The van der Waals surface area contributed by atoms with Crippen LogP contribution in [0.15, 0.2) is 243 Å². The Hall–Kier alpha value is -13.3. The smallest absolute Gasteiger partial charge is 0.270 e. The molecule has 14 aromatic rings. The Bertz CT molecular complexity index is 5240. The lowest BCUT2D eigenvalue weighted by molar-refractivity contribution is -0.385. The lowest BCUT2D eigenvalue weighted by atomic mass is 10.0. The first kappa shape index (κ1) is 64.7. The highest BCUT2D eigenvalue weighted by molar-refractivity contribution is 6.67. The van der Waals surface area contributed by atoms with Crippen molar-refractivity contribution in [3.8, 4) is 0 Å². The second kappa shape index (κ2) is 29.6. The number of nitrogen functional groups attached to an aromatic ring is 1. The number of carbonyl (C=O) groups is 5. The number of carbonyl (C=O) groups excluding carboxylic acids is 5. The number of aromatic amines is 4. The third kappa shape index (κ3) is 15.7. The number of non-ortho nitro benzene ring substituents is 2. The van der Waals surface area contributed by atoms with Crippen molar-refractivity contribution in [2.45, 2.75) is 6.54 Å². The molecular formula is C69H48ClF2N13O10. The van der Waals surface area contributed by atoms with Crippen molar-refractivity contribution in [2.75, 3.05) is 11.1 Å². The predicted molar refractivity (Wildman–Crippen MR) is 352 cm³/mol. The standard InChI is InChI=1S/C27H18F2N4O3.C14H9N3O3.C14H11N3O.C7H4ClNO3.C7H6N2/c28-22-9-8-16(12-23(22)29)15-33-11-3-7-20(27(33)36)26(35)32-18-5-1-4-17(13-18)24(34)21-14-31-25-19(21)6-2-10-30-25;18-13(9-3-1-4-10(7-9)17(19)20)12-8-16-14-11(12)5-2-6-15-14;15-10-4-1-3-9(7-10)13(18)12-8-17-14-11(12)5-2-6-16-14;8-7(10)5-2-1-3-6(4-5)9(11)12;1-2-6-3-5-9-7(6)8-4-1/h1-14H,15H2,(H,30,31)(H,32,35);1-8H,(H,15,16);1-8H,15H2,(H,16,17);1-4H;1-5H,(H,8,9). The zero-order valence-corrected chi connectivity index (χ0v) is 49.9. The van der Waals surface area contributed by atoms with E-state index in [2.05, 4.69) is 45.2 Å². The number of nitro benzene ring substituents is 2. The van der Waals surface area contributed by atoms with Crippen LogP contribution in [0.5, 0.6) is 0 Å². The first-order chi connectivity index (χ1) is 45.9. The molecule has 0 aliphatic rings. The van der Waals surface area contributed by atoms with Crippen LogP contribution < -0.4 is 16.6 Å². The van der Waals surface area contributed by atoms with E-state index in [0.717, 1.165) is 34.6 Å². The molecule has 0 saturated heterocycles. The number of aromatic nitrogens is 9. The van der Waals surface area contributed by atoms with Crippen LogP contribution in [-0.2, 0) is 6.54 Å². The second-order valence-electron chi connectivity index (χ2n) is 20.4. The number of H-pyrrole nitrogens is 4. The highest BCUT2D eigenvalue weighted by atomic mass is 35.5. The Morgan fingerprint density at radius 3 is 1.51 bits per heavy atom. The van der Waals surface area contributed by atoms with E-state index >= 15 is 0 Å². The number of hydrogen-bond donors (Lipinski definition) is 6. The summed E-state index contributed by atoms with van der Waals surface area (Å²) in [5.41, 5.74) is 11.7. The van der Waals surface area contributed by atoms with Gasteiger partial charge in [0.2, 0.25) is 0 Å². The summed E-state index contributed by atoms with van der Waals surface area (Å²) in [6.07, 6.45) is 14.9. The maximum atomic E-state index is 13.5. The van der Waals surface area contributed by atoms with Gasteiger partial charge in [-0.05, 0) is 126 Å². The van der Waals surface area contributed by atoms with Gasteiger partial charge in [0.1, 0.15) is 28.2 Å². The lowest BCUT2D eigenvalue weighted by Crippen LogP contribution is -2.29. The van der Waals surface area contributed by atoms with Gasteiger partial charge < -0.3 is 35.6 Å². The molecule has 470 valence electrons. The van der Waals surface area contributed by atoms with Crippen LogP contribution in [0.25, 0.3) is 44.1 Å². The molecule has 0 atom stereocenters. The molecule has 0 fully saturated rings. The van der Waals surface area contributed by atoms with Crippen LogP contribution in [0.2, 0.25) is 0 Å². The van der Waals surface area contributed by atoms with Crippen LogP contribution in [0.4, 0.5) is 31.5 Å². The number of rotatable bonds is 13. The minimum atomic E-state index is -1.02. The van der Waals surface area contributed by atoms with Gasteiger partial charge in [0.05, 0.1) is 16.4 Å². The molecule has 9 heterocycles. The SMILES string of the molecule is Nc1cccc(C(=O)c2c[nH]c3ncccc23)c1.O=C(Cl)c1cccc([N+](=O)[O-])c1.O=C(Nc1cccc(C(=O)c2c[nH]c3ncccc23)c1)c1cccn(Cc2ccc(F)c(F)c2)c1=O.O=C(c1cccc([N+](=O)[O-])c1)c1c[nH]c2ncccc12.c1cnc2[nH]ccc2c1. The van der Waals surface area contributed by atoms with E-state index in [0.29, 0.717) is 72.5 Å². The van der Waals surface area contributed by atoms with E-state index in [1.54, 1.807) is 116 Å². The largest absolute Gasteiger partial charge is 0.399 e. The lowest BCUT2D eigenvalue weighted by Gasteiger charge is -2.10. The molecule has 23 nitrogen and oxygen atoms in total. The maximum Gasteiger partial charge on any atom is 0.270 e. The van der Waals surface area contributed by atoms with Crippen LogP contribution in [0.3, 0.4) is 0 Å². The fraction of sp³-hybridized carbons (Fsp3) is 0.0145. The summed E-state index contributed by atoms with van der Waals surface area (Å²) >= 11 is 5.12. The van der Waals surface area contributed by atoms with Crippen LogP contribution in [-0.4, -0.2) is 82.8 Å². The number of nitrogens with two attached hydrogens (primary N) is 1. The minimum Gasteiger partial charge on any atom is -0.399 e. The van der Waals surface area contributed by atoms with Gasteiger partial charge in [0, 0.05) is 152 Å². The fourth-order valence-corrected chi connectivity index (χ4v) is 9.69. The summed E-state index contributed by atoms with van der Waals surface area (Å²) < 4.78 is 28.0.